The van der Waals surface area contributed by atoms with Crippen LogP contribution in [-0.4, -0.2) is 56.1 Å². The minimum Gasteiger partial charge on any atom is -0.495 e. The SMILES string of the molecule is COc1cc(NC(=O)C(N=Nc2cc(OC)c(S(=O)(=O)Nc3ccccc3)cc2OC)OC)c(OC)cc1Cl. The van der Waals surface area contributed by atoms with Gasteiger partial charge in [-0.25, -0.2) is 8.42 Å². The molecule has 12 nitrogen and oxygen atoms in total. The molecule has 0 saturated heterocycles. The number of para-hydroxylation sites is 1. The molecular formula is C25H27ClN4O8S. The van der Waals surface area contributed by atoms with Crippen molar-refractivity contribution in [3.63, 3.8) is 0 Å². The number of anilines is 2. The summed E-state index contributed by atoms with van der Waals surface area (Å²) in [6.07, 6.45) is -1.39. The van der Waals surface area contributed by atoms with E-state index >= 15 is 0 Å². The van der Waals surface area contributed by atoms with E-state index in [0.717, 1.165) is 0 Å². The van der Waals surface area contributed by atoms with Gasteiger partial charge in [0.15, 0.2) is 0 Å². The highest BCUT2D eigenvalue weighted by Gasteiger charge is 2.24. The molecule has 0 fully saturated rings. The van der Waals surface area contributed by atoms with Gasteiger partial charge in [0.25, 0.3) is 15.9 Å². The van der Waals surface area contributed by atoms with Crippen molar-refractivity contribution in [1.29, 1.82) is 0 Å². The quantitative estimate of drug-likeness (QED) is 0.289. The van der Waals surface area contributed by atoms with Crippen molar-refractivity contribution < 1.29 is 36.9 Å². The molecule has 0 aliphatic rings. The number of amides is 1. The molecule has 0 bridgehead atoms. The van der Waals surface area contributed by atoms with Crippen molar-refractivity contribution in [2.45, 2.75) is 11.1 Å². The maximum atomic E-state index is 13.1. The van der Waals surface area contributed by atoms with Crippen molar-refractivity contribution in [3.05, 3.63) is 59.6 Å². The molecule has 1 atom stereocenters. The number of nitrogens with zero attached hydrogens (tertiary/aromatic N) is 2. The van der Waals surface area contributed by atoms with E-state index in [4.69, 9.17) is 35.3 Å². The van der Waals surface area contributed by atoms with E-state index < -0.39 is 22.2 Å². The van der Waals surface area contributed by atoms with Crippen molar-refractivity contribution >= 4 is 44.6 Å². The second-order valence-electron chi connectivity index (χ2n) is 7.63. The summed E-state index contributed by atoms with van der Waals surface area (Å²) in [5.41, 5.74) is 0.723. The largest absolute Gasteiger partial charge is 0.495 e. The molecule has 0 saturated carbocycles. The first-order valence-corrected chi connectivity index (χ1v) is 13.0. The normalized spacial score (nSPS) is 12.1. The first kappa shape index (κ1) is 29.5. The van der Waals surface area contributed by atoms with Gasteiger partial charge < -0.3 is 29.0 Å². The number of ether oxygens (including phenoxy) is 5. The lowest BCUT2D eigenvalue weighted by Gasteiger charge is -2.16. The summed E-state index contributed by atoms with van der Waals surface area (Å²) in [4.78, 5) is 12.7. The highest BCUT2D eigenvalue weighted by atomic mass is 35.5. The lowest BCUT2D eigenvalue weighted by atomic mass is 10.2. The molecule has 0 aliphatic heterocycles. The van der Waals surface area contributed by atoms with Crippen molar-refractivity contribution in [1.82, 2.24) is 0 Å². The van der Waals surface area contributed by atoms with Crippen molar-refractivity contribution in [2.24, 2.45) is 10.2 Å². The molecule has 0 aromatic heterocycles. The fourth-order valence-electron chi connectivity index (χ4n) is 3.33. The van der Waals surface area contributed by atoms with Gasteiger partial charge in [-0.05, 0) is 12.1 Å². The Bertz CT molecular complexity index is 1450. The summed E-state index contributed by atoms with van der Waals surface area (Å²) in [6, 6.07) is 13.9. The van der Waals surface area contributed by atoms with Gasteiger partial charge >= 0.3 is 0 Å². The summed E-state index contributed by atoms with van der Waals surface area (Å²) in [5, 5.41) is 10.9. The molecule has 3 rings (SSSR count). The average molecular weight is 579 g/mol. The Kier molecular flexibility index (Phi) is 9.93. The number of hydrogen-bond donors (Lipinski definition) is 2. The average Bonchev–Trinajstić information content (AvgIpc) is 2.93. The maximum Gasteiger partial charge on any atom is 0.278 e. The van der Waals surface area contributed by atoms with Gasteiger partial charge in [0.1, 0.15) is 33.6 Å². The Morgan fingerprint density at radius 1 is 0.846 bits per heavy atom. The predicted molar refractivity (Wildman–Crippen MR) is 145 cm³/mol. The van der Waals surface area contributed by atoms with Gasteiger partial charge in [0.05, 0.1) is 39.1 Å². The van der Waals surface area contributed by atoms with Crippen LogP contribution in [0.2, 0.25) is 5.02 Å². The molecule has 2 N–H and O–H groups in total. The zero-order valence-corrected chi connectivity index (χ0v) is 23.3. The molecule has 39 heavy (non-hydrogen) atoms. The fourth-order valence-corrected chi connectivity index (χ4v) is 4.79. The van der Waals surface area contributed by atoms with E-state index in [1.165, 1.54) is 59.8 Å². The monoisotopic (exact) mass is 578 g/mol. The number of hydrogen-bond acceptors (Lipinski definition) is 10. The van der Waals surface area contributed by atoms with E-state index in [1.807, 2.05) is 0 Å². The van der Waals surface area contributed by atoms with E-state index in [-0.39, 0.29) is 33.5 Å². The number of halogens is 1. The Morgan fingerprint density at radius 3 is 2.08 bits per heavy atom. The molecule has 208 valence electrons. The standard InChI is InChI=1S/C25H27ClN4O8S/c1-34-19-12-17(20(35-2)11-16(19)26)27-24(31)25(38-5)29-28-18-13-22(37-4)23(14-21(18)36-3)39(32,33)30-15-9-7-6-8-10-15/h6-14,25,30H,1-5H3,(H,27,31). The first-order chi connectivity index (χ1) is 18.7. The number of rotatable bonds is 12. The highest BCUT2D eigenvalue weighted by molar-refractivity contribution is 7.92. The topological polar surface area (TPSA) is 146 Å². The molecule has 0 radical (unpaired) electrons. The molecular weight excluding hydrogens is 552 g/mol. The second kappa shape index (κ2) is 13.1. The van der Waals surface area contributed by atoms with Gasteiger partial charge in [0, 0.05) is 37.1 Å². The molecule has 1 unspecified atom stereocenters. The summed E-state index contributed by atoms with van der Waals surface area (Å²) in [7, 11) is 2.71. The Balaban J connectivity index is 1.89. The minimum absolute atomic E-state index is 0.0235. The third-order valence-electron chi connectivity index (χ3n) is 5.23. The zero-order chi connectivity index (χ0) is 28.6. The summed E-state index contributed by atoms with van der Waals surface area (Å²) in [5.74, 6) is -0.0386. The van der Waals surface area contributed by atoms with Crippen LogP contribution in [0.25, 0.3) is 0 Å². The third kappa shape index (κ3) is 7.07. The smallest absolute Gasteiger partial charge is 0.278 e. The van der Waals surface area contributed by atoms with Gasteiger partial charge in [-0.2, -0.15) is 0 Å². The number of sulfonamides is 1. The number of nitrogens with one attached hydrogen (secondary N) is 2. The lowest BCUT2D eigenvalue weighted by molar-refractivity contribution is -0.125. The molecule has 0 heterocycles. The lowest BCUT2D eigenvalue weighted by Crippen LogP contribution is -2.27. The Labute approximate surface area is 230 Å². The number of methoxy groups -OCH3 is 5. The Hall–Kier alpha value is -4.07. The van der Waals surface area contributed by atoms with Crippen LogP contribution in [0.4, 0.5) is 17.1 Å². The van der Waals surface area contributed by atoms with Crippen molar-refractivity contribution in [3.8, 4) is 23.0 Å². The molecule has 0 aliphatic carbocycles. The van der Waals surface area contributed by atoms with Crippen LogP contribution in [0.15, 0.2) is 69.7 Å². The molecule has 3 aromatic rings. The van der Waals surface area contributed by atoms with Crippen LogP contribution < -0.4 is 29.0 Å². The van der Waals surface area contributed by atoms with Gasteiger partial charge in [0.2, 0.25) is 6.23 Å². The predicted octanol–water partition coefficient (Wildman–Crippen LogP) is 4.87. The van der Waals surface area contributed by atoms with E-state index in [2.05, 4.69) is 20.3 Å². The van der Waals surface area contributed by atoms with E-state index in [9.17, 15) is 13.2 Å². The number of benzene rings is 3. The zero-order valence-electron chi connectivity index (χ0n) is 21.7. The second-order valence-corrected chi connectivity index (χ2v) is 9.68. The number of azo groups is 1. The van der Waals surface area contributed by atoms with Crippen LogP contribution in [-0.2, 0) is 19.6 Å². The van der Waals surface area contributed by atoms with E-state index in [1.54, 1.807) is 30.3 Å². The van der Waals surface area contributed by atoms with Crippen molar-refractivity contribution in [2.75, 3.05) is 45.6 Å². The van der Waals surface area contributed by atoms with Gasteiger partial charge in [-0.3, -0.25) is 9.52 Å². The van der Waals surface area contributed by atoms with Crippen LogP contribution in [0.3, 0.4) is 0 Å². The summed E-state index contributed by atoms with van der Waals surface area (Å²) in [6.45, 7) is 0. The number of carbonyl (C=O) groups is 1. The fraction of sp³-hybridized carbons (Fsp3) is 0.240. The third-order valence-corrected chi connectivity index (χ3v) is 6.93. The number of carbonyl (C=O) groups excluding carboxylic acids is 1. The van der Waals surface area contributed by atoms with Crippen LogP contribution in [0.1, 0.15) is 0 Å². The highest BCUT2D eigenvalue weighted by Crippen LogP contribution is 2.39. The van der Waals surface area contributed by atoms with Crippen LogP contribution in [0, 0.1) is 0 Å². The molecule has 0 spiro atoms. The van der Waals surface area contributed by atoms with E-state index in [0.29, 0.717) is 16.5 Å². The molecule has 3 aromatic carbocycles. The first-order valence-electron chi connectivity index (χ1n) is 11.2. The van der Waals surface area contributed by atoms with Crippen LogP contribution >= 0.6 is 11.6 Å². The van der Waals surface area contributed by atoms with Crippen LogP contribution in [0.5, 0.6) is 23.0 Å². The van der Waals surface area contributed by atoms with Gasteiger partial charge in [-0.1, -0.05) is 29.8 Å². The minimum atomic E-state index is -4.05. The molecule has 1 amide bonds. The van der Waals surface area contributed by atoms with Gasteiger partial charge in [-0.15, -0.1) is 10.2 Å². The summed E-state index contributed by atoms with van der Waals surface area (Å²) >= 11 is 6.12. The molecule has 14 heteroatoms. The Morgan fingerprint density at radius 2 is 1.49 bits per heavy atom. The maximum absolute atomic E-state index is 13.1. The summed E-state index contributed by atoms with van der Waals surface area (Å²) < 4.78 is 54.9.